The molecular weight excluding hydrogens is 253 g/mol. The average molecular weight is 265 g/mol. The number of aromatic nitrogens is 2. The molecule has 1 aromatic carbocycles. The lowest BCUT2D eigenvalue weighted by Gasteiger charge is -2.11. The van der Waals surface area contributed by atoms with Crippen LogP contribution in [0.2, 0.25) is 5.02 Å². The molecule has 0 radical (unpaired) electrons. The van der Waals surface area contributed by atoms with Crippen LogP contribution in [0.1, 0.15) is 25.0 Å². The third-order valence-electron chi connectivity index (χ3n) is 2.23. The minimum atomic E-state index is -4.40. The summed E-state index contributed by atoms with van der Waals surface area (Å²) < 4.78 is 37.7. The summed E-state index contributed by atoms with van der Waals surface area (Å²) in [6.45, 7) is 5.34. The molecule has 0 unspecified atom stereocenters. The number of halogens is 4. The van der Waals surface area contributed by atoms with Crippen LogP contribution in [0, 0.1) is 6.92 Å². The second kappa shape index (κ2) is 4.96. The van der Waals surface area contributed by atoms with E-state index in [-0.39, 0.29) is 16.1 Å². The molecule has 1 aromatic heterocycles. The predicted octanol–water partition coefficient (Wildman–Crippen LogP) is 4.57. The van der Waals surface area contributed by atoms with E-state index in [9.17, 15) is 13.2 Å². The molecule has 17 heavy (non-hydrogen) atoms. The predicted molar refractivity (Wildman–Crippen MR) is 62.2 cm³/mol. The van der Waals surface area contributed by atoms with Crippen LogP contribution in [0.4, 0.5) is 13.2 Å². The summed E-state index contributed by atoms with van der Waals surface area (Å²) in [5, 5.41) is 6.71. The van der Waals surface area contributed by atoms with Gasteiger partial charge in [-0.2, -0.15) is 18.3 Å². The first-order valence-electron chi connectivity index (χ1n) is 5.10. The zero-order valence-electron chi connectivity index (χ0n) is 9.61. The van der Waals surface area contributed by atoms with Gasteiger partial charge < -0.3 is 0 Å². The van der Waals surface area contributed by atoms with E-state index in [2.05, 4.69) is 10.2 Å². The van der Waals surface area contributed by atoms with Crippen molar-refractivity contribution in [3.05, 3.63) is 28.4 Å². The topological polar surface area (TPSA) is 28.7 Å². The summed E-state index contributed by atoms with van der Waals surface area (Å²) in [6, 6.07) is 1.02. The third kappa shape index (κ3) is 2.54. The van der Waals surface area contributed by atoms with Gasteiger partial charge in [-0.3, -0.25) is 5.10 Å². The summed E-state index contributed by atoms with van der Waals surface area (Å²) in [5.74, 6) is 0. The number of alkyl halides is 3. The maximum absolute atomic E-state index is 12.6. The molecule has 0 fully saturated rings. The van der Waals surface area contributed by atoms with E-state index in [0.29, 0.717) is 5.39 Å². The highest BCUT2D eigenvalue weighted by atomic mass is 35.5. The number of nitrogens with one attached hydrogen (secondary N) is 1. The van der Waals surface area contributed by atoms with E-state index in [1.54, 1.807) is 0 Å². The number of hydrogen-bond donors (Lipinski definition) is 1. The van der Waals surface area contributed by atoms with Crippen molar-refractivity contribution < 1.29 is 13.2 Å². The highest BCUT2D eigenvalue weighted by molar-refractivity contribution is 6.36. The first-order chi connectivity index (χ1) is 7.91. The van der Waals surface area contributed by atoms with E-state index in [1.165, 1.54) is 13.1 Å². The van der Waals surface area contributed by atoms with Crippen molar-refractivity contribution in [1.29, 1.82) is 0 Å². The second-order valence-corrected chi connectivity index (χ2v) is 3.57. The van der Waals surface area contributed by atoms with E-state index >= 15 is 0 Å². The van der Waals surface area contributed by atoms with Crippen LogP contribution in [0.25, 0.3) is 10.9 Å². The zero-order chi connectivity index (χ0) is 13.2. The minimum Gasteiger partial charge on any atom is -0.278 e. The zero-order valence-corrected chi connectivity index (χ0v) is 10.4. The van der Waals surface area contributed by atoms with E-state index in [4.69, 9.17) is 11.6 Å². The van der Waals surface area contributed by atoms with Gasteiger partial charge in [0.15, 0.2) is 0 Å². The highest BCUT2D eigenvalue weighted by Gasteiger charge is 2.34. The normalized spacial score (nSPS) is 11.2. The van der Waals surface area contributed by atoms with Gasteiger partial charge in [-0.1, -0.05) is 25.4 Å². The molecule has 0 saturated heterocycles. The molecule has 6 heteroatoms. The van der Waals surface area contributed by atoms with Crippen molar-refractivity contribution in [2.45, 2.75) is 26.9 Å². The van der Waals surface area contributed by atoms with Crippen molar-refractivity contribution in [3.8, 4) is 0 Å². The van der Waals surface area contributed by atoms with Gasteiger partial charge in [0, 0.05) is 5.39 Å². The lowest BCUT2D eigenvalue weighted by Crippen LogP contribution is -2.07. The van der Waals surface area contributed by atoms with Gasteiger partial charge in [0.2, 0.25) is 0 Å². The number of hydrogen-bond acceptors (Lipinski definition) is 1. The molecule has 94 valence electrons. The lowest BCUT2D eigenvalue weighted by atomic mass is 10.1. The Kier molecular flexibility index (Phi) is 4.03. The summed E-state index contributed by atoms with van der Waals surface area (Å²) in [7, 11) is 0. The number of nitrogens with zero attached hydrogens (tertiary/aromatic N) is 1. The Morgan fingerprint density at radius 1 is 1.29 bits per heavy atom. The number of rotatable bonds is 0. The highest BCUT2D eigenvalue weighted by Crippen LogP contribution is 2.37. The maximum Gasteiger partial charge on any atom is 0.416 e. The first-order valence-corrected chi connectivity index (χ1v) is 5.48. The molecular formula is C11H12ClF3N2. The number of aromatic amines is 1. The molecule has 2 nitrogen and oxygen atoms in total. The minimum absolute atomic E-state index is 0.0260. The fourth-order valence-corrected chi connectivity index (χ4v) is 1.70. The van der Waals surface area contributed by atoms with E-state index in [1.807, 2.05) is 13.8 Å². The SMILES string of the molecule is CC.Cc1c(C(F)(F)F)cc2[nH]ncc2c1Cl. The lowest BCUT2D eigenvalue weighted by molar-refractivity contribution is -0.137. The smallest absolute Gasteiger partial charge is 0.278 e. The largest absolute Gasteiger partial charge is 0.416 e. The molecule has 2 aromatic rings. The number of benzene rings is 1. The Morgan fingerprint density at radius 2 is 1.88 bits per heavy atom. The molecule has 0 aliphatic carbocycles. The van der Waals surface area contributed by atoms with Crippen molar-refractivity contribution in [3.63, 3.8) is 0 Å². The summed E-state index contributed by atoms with van der Waals surface area (Å²) in [4.78, 5) is 0. The Bertz CT molecular complexity index is 517. The van der Waals surface area contributed by atoms with Crippen LogP contribution in [-0.2, 0) is 6.18 Å². The third-order valence-corrected chi connectivity index (χ3v) is 2.72. The Hall–Kier alpha value is -1.23. The molecule has 0 spiro atoms. The van der Waals surface area contributed by atoms with Gasteiger partial charge in [-0.15, -0.1) is 0 Å². The summed E-state index contributed by atoms with van der Waals surface area (Å²) >= 11 is 5.82. The van der Waals surface area contributed by atoms with Crippen LogP contribution in [0.15, 0.2) is 12.3 Å². The van der Waals surface area contributed by atoms with Gasteiger partial charge in [-0.25, -0.2) is 0 Å². The average Bonchev–Trinajstić information content (AvgIpc) is 2.73. The molecule has 0 aliphatic rings. The van der Waals surface area contributed by atoms with Crippen LogP contribution in [0.5, 0.6) is 0 Å². The van der Waals surface area contributed by atoms with Crippen LogP contribution in [-0.4, -0.2) is 10.2 Å². The number of fused-ring (bicyclic) bond motifs is 1. The van der Waals surface area contributed by atoms with E-state index < -0.39 is 11.7 Å². The molecule has 0 aliphatic heterocycles. The Balaban J connectivity index is 0.000000686. The fourth-order valence-electron chi connectivity index (χ4n) is 1.45. The standard InChI is InChI=1S/C9H6ClF3N2.C2H6/c1-4-6(9(11,12)13)2-7-5(8(4)10)3-14-15-7;1-2/h2-3H,1H3,(H,14,15);1-2H3. The number of H-pyrrole nitrogens is 1. The van der Waals surface area contributed by atoms with Crippen molar-refractivity contribution in [2.75, 3.05) is 0 Å². The first kappa shape index (κ1) is 13.8. The van der Waals surface area contributed by atoms with Gasteiger partial charge >= 0.3 is 6.18 Å². The molecule has 2 rings (SSSR count). The van der Waals surface area contributed by atoms with Crippen LogP contribution >= 0.6 is 11.6 Å². The molecule has 0 bridgehead atoms. The molecule has 1 N–H and O–H groups in total. The van der Waals surface area contributed by atoms with Crippen molar-refractivity contribution in [2.24, 2.45) is 0 Å². The summed E-state index contributed by atoms with van der Waals surface area (Å²) in [6.07, 6.45) is -2.99. The Morgan fingerprint density at radius 3 is 2.41 bits per heavy atom. The van der Waals surface area contributed by atoms with Crippen LogP contribution in [0.3, 0.4) is 0 Å². The van der Waals surface area contributed by atoms with Gasteiger partial charge in [-0.05, 0) is 18.6 Å². The molecule has 1 heterocycles. The fraction of sp³-hybridized carbons (Fsp3) is 0.364. The van der Waals surface area contributed by atoms with Gasteiger partial charge in [0.05, 0.1) is 22.3 Å². The van der Waals surface area contributed by atoms with Crippen molar-refractivity contribution >= 4 is 22.5 Å². The molecule has 0 saturated carbocycles. The second-order valence-electron chi connectivity index (χ2n) is 3.19. The van der Waals surface area contributed by atoms with Crippen LogP contribution < -0.4 is 0 Å². The maximum atomic E-state index is 12.6. The van der Waals surface area contributed by atoms with Crippen molar-refractivity contribution in [1.82, 2.24) is 10.2 Å². The van der Waals surface area contributed by atoms with Gasteiger partial charge in [0.1, 0.15) is 0 Å². The van der Waals surface area contributed by atoms with Gasteiger partial charge in [0.25, 0.3) is 0 Å². The molecule has 0 amide bonds. The quantitative estimate of drug-likeness (QED) is 0.742. The monoisotopic (exact) mass is 264 g/mol. The molecule has 0 atom stereocenters. The Labute approximate surface area is 102 Å². The van der Waals surface area contributed by atoms with E-state index in [0.717, 1.165) is 6.07 Å². The summed E-state index contributed by atoms with van der Waals surface area (Å²) in [5.41, 5.74) is -0.416.